The second-order valence-corrected chi connectivity index (χ2v) is 3.79. The summed E-state index contributed by atoms with van der Waals surface area (Å²) in [6, 6.07) is 0.500. The summed E-state index contributed by atoms with van der Waals surface area (Å²) in [6.07, 6.45) is 3.78. The molecule has 0 spiro atoms. The van der Waals surface area contributed by atoms with E-state index in [1.807, 2.05) is 0 Å². The van der Waals surface area contributed by atoms with Gasteiger partial charge >= 0.3 is 0 Å². The van der Waals surface area contributed by atoms with E-state index in [1.165, 1.54) is 12.8 Å². The third kappa shape index (κ3) is 2.73. The van der Waals surface area contributed by atoms with Gasteiger partial charge in [-0.05, 0) is 31.1 Å². The van der Waals surface area contributed by atoms with Crippen molar-refractivity contribution in [3.63, 3.8) is 0 Å². The highest BCUT2D eigenvalue weighted by Crippen LogP contribution is 2.36. The second-order valence-electron chi connectivity index (χ2n) is 3.79. The zero-order valence-electron chi connectivity index (χ0n) is 8.05. The maximum atomic E-state index is 5.50. The summed E-state index contributed by atoms with van der Waals surface area (Å²) in [5.74, 6) is 6.94. The molecule has 12 heavy (non-hydrogen) atoms. The van der Waals surface area contributed by atoms with Crippen LogP contribution in [0.5, 0.6) is 0 Å². The molecule has 0 aromatic rings. The Morgan fingerprint density at radius 1 is 1.58 bits per heavy atom. The molecule has 0 aromatic carbocycles. The van der Waals surface area contributed by atoms with Crippen molar-refractivity contribution in [2.45, 2.75) is 32.2 Å². The number of methoxy groups -OCH3 is 1. The van der Waals surface area contributed by atoms with Gasteiger partial charge in [0.05, 0.1) is 0 Å². The van der Waals surface area contributed by atoms with E-state index in [0.717, 1.165) is 18.9 Å². The Bertz CT molecular complexity index is 126. The van der Waals surface area contributed by atoms with Gasteiger partial charge in [-0.25, -0.2) is 0 Å². The number of hydrazine groups is 1. The molecule has 3 nitrogen and oxygen atoms in total. The van der Waals surface area contributed by atoms with Crippen LogP contribution in [0.2, 0.25) is 0 Å². The Morgan fingerprint density at radius 3 is 2.67 bits per heavy atom. The zero-order valence-corrected chi connectivity index (χ0v) is 8.05. The first-order valence-electron chi connectivity index (χ1n) is 4.74. The minimum Gasteiger partial charge on any atom is -0.385 e. The Balaban J connectivity index is 2.21. The fourth-order valence-corrected chi connectivity index (χ4v) is 1.70. The molecule has 0 amide bonds. The van der Waals surface area contributed by atoms with Gasteiger partial charge in [0.15, 0.2) is 0 Å². The summed E-state index contributed by atoms with van der Waals surface area (Å²) in [6.45, 7) is 3.08. The van der Waals surface area contributed by atoms with E-state index in [-0.39, 0.29) is 0 Å². The monoisotopic (exact) mass is 172 g/mol. The number of rotatable bonds is 6. The lowest BCUT2D eigenvalue weighted by atomic mass is 9.95. The van der Waals surface area contributed by atoms with Gasteiger partial charge in [-0.1, -0.05) is 6.92 Å². The zero-order chi connectivity index (χ0) is 8.97. The maximum Gasteiger partial charge on any atom is 0.0465 e. The number of ether oxygens (including phenoxy) is 1. The van der Waals surface area contributed by atoms with E-state index in [1.54, 1.807) is 7.11 Å². The van der Waals surface area contributed by atoms with Gasteiger partial charge in [-0.3, -0.25) is 11.3 Å². The maximum absolute atomic E-state index is 5.50. The molecule has 0 saturated heterocycles. The van der Waals surface area contributed by atoms with Gasteiger partial charge in [-0.15, -0.1) is 0 Å². The number of hydrogen-bond acceptors (Lipinski definition) is 3. The van der Waals surface area contributed by atoms with Crippen LogP contribution < -0.4 is 11.3 Å². The van der Waals surface area contributed by atoms with Crippen molar-refractivity contribution in [1.82, 2.24) is 5.43 Å². The molecule has 2 unspecified atom stereocenters. The molecular weight excluding hydrogens is 152 g/mol. The van der Waals surface area contributed by atoms with E-state index in [0.29, 0.717) is 12.0 Å². The topological polar surface area (TPSA) is 47.3 Å². The van der Waals surface area contributed by atoms with Crippen molar-refractivity contribution in [2.75, 3.05) is 13.7 Å². The average molecular weight is 172 g/mol. The largest absolute Gasteiger partial charge is 0.385 e. The lowest BCUT2D eigenvalue weighted by Gasteiger charge is -2.22. The van der Waals surface area contributed by atoms with Crippen molar-refractivity contribution in [2.24, 2.45) is 17.7 Å². The summed E-state index contributed by atoms with van der Waals surface area (Å²) in [7, 11) is 1.74. The highest BCUT2D eigenvalue weighted by atomic mass is 16.5. The van der Waals surface area contributed by atoms with Crippen molar-refractivity contribution in [3.05, 3.63) is 0 Å². The van der Waals surface area contributed by atoms with Crippen LogP contribution in [-0.2, 0) is 4.74 Å². The van der Waals surface area contributed by atoms with Crippen LogP contribution in [0.1, 0.15) is 26.2 Å². The molecule has 3 heteroatoms. The highest BCUT2D eigenvalue weighted by Gasteiger charge is 2.33. The molecule has 1 aliphatic rings. The summed E-state index contributed by atoms with van der Waals surface area (Å²) in [5.41, 5.74) is 2.92. The molecular formula is C9H20N2O. The molecule has 72 valence electrons. The number of nitrogens with one attached hydrogen (secondary N) is 1. The summed E-state index contributed by atoms with van der Waals surface area (Å²) >= 11 is 0. The third-order valence-corrected chi connectivity index (χ3v) is 2.71. The summed E-state index contributed by atoms with van der Waals surface area (Å²) in [4.78, 5) is 0. The highest BCUT2D eigenvalue weighted by molar-refractivity contribution is 4.88. The minimum atomic E-state index is 0.500. The summed E-state index contributed by atoms with van der Waals surface area (Å²) < 4.78 is 5.04. The lowest BCUT2D eigenvalue weighted by Crippen LogP contribution is -2.41. The third-order valence-electron chi connectivity index (χ3n) is 2.71. The van der Waals surface area contributed by atoms with Crippen LogP contribution in [0.25, 0.3) is 0 Å². The molecule has 1 aliphatic carbocycles. The van der Waals surface area contributed by atoms with Crippen LogP contribution in [0.15, 0.2) is 0 Å². The average Bonchev–Trinajstić information content (AvgIpc) is 2.86. The van der Waals surface area contributed by atoms with Crippen molar-refractivity contribution < 1.29 is 4.74 Å². The van der Waals surface area contributed by atoms with Crippen LogP contribution in [-0.4, -0.2) is 19.8 Å². The number of nitrogens with two attached hydrogens (primary N) is 1. The van der Waals surface area contributed by atoms with Gasteiger partial charge in [-0.2, -0.15) is 0 Å². The van der Waals surface area contributed by atoms with Gasteiger partial charge in [0.1, 0.15) is 0 Å². The van der Waals surface area contributed by atoms with Crippen LogP contribution in [0.4, 0.5) is 0 Å². The summed E-state index contributed by atoms with van der Waals surface area (Å²) in [5, 5.41) is 0. The molecule has 1 saturated carbocycles. The quantitative estimate of drug-likeness (QED) is 0.462. The minimum absolute atomic E-state index is 0.500. The van der Waals surface area contributed by atoms with Gasteiger partial charge in [0, 0.05) is 19.8 Å². The van der Waals surface area contributed by atoms with Crippen molar-refractivity contribution in [1.29, 1.82) is 0 Å². The standard InChI is InChI=1S/C9H20N2O/c1-7(5-6-12-2)9(11-10)8-3-4-8/h7-9,11H,3-6,10H2,1-2H3. The van der Waals surface area contributed by atoms with Crippen molar-refractivity contribution >= 4 is 0 Å². The fraction of sp³-hybridized carbons (Fsp3) is 1.00. The van der Waals surface area contributed by atoms with Crippen LogP contribution in [0, 0.1) is 11.8 Å². The second kappa shape index (κ2) is 4.80. The molecule has 0 aromatic heterocycles. The molecule has 0 bridgehead atoms. The van der Waals surface area contributed by atoms with E-state index in [2.05, 4.69) is 12.3 Å². The molecule has 0 radical (unpaired) electrons. The molecule has 1 fully saturated rings. The SMILES string of the molecule is COCCC(C)C(NN)C1CC1. The predicted molar refractivity (Wildman–Crippen MR) is 49.5 cm³/mol. The van der Waals surface area contributed by atoms with E-state index >= 15 is 0 Å². The first kappa shape index (κ1) is 9.96. The van der Waals surface area contributed by atoms with E-state index in [9.17, 15) is 0 Å². The predicted octanol–water partition coefficient (Wildman–Crippen LogP) is 0.901. The van der Waals surface area contributed by atoms with Gasteiger partial charge in [0.2, 0.25) is 0 Å². The normalized spacial score (nSPS) is 22.2. The van der Waals surface area contributed by atoms with Crippen molar-refractivity contribution in [3.8, 4) is 0 Å². The molecule has 1 rings (SSSR count). The molecule has 0 aliphatic heterocycles. The Morgan fingerprint density at radius 2 is 2.25 bits per heavy atom. The van der Waals surface area contributed by atoms with Crippen LogP contribution >= 0.6 is 0 Å². The fourth-order valence-electron chi connectivity index (χ4n) is 1.70. The van der Waals surface area contributed by atoms with E-state index in [4.69, 9.17) is 10.6 Å². The van der Waals surface area contributed by atoms with Crippen LogP contribution in [0.3, 0.4) is 0 Å². The Kier molecular flexibility index (Phi) is 3.98. The number of hydrogen-bond donors (Lipinski definition) is 2. The van der Waals surface area contributed by atoms with Gasteiger partial charge < -0.3 is 4.74 Å². The van der Waals surface area contributed by atoms with E-state index < -0.39 is 0 Å². The molecule has 3 N–H and O–H groups in total. The first-order valence-corrected chi connectivity index (χ1v) is 4.74. The van der Waals surface area contributed by atoms with Gasteiger partial charge in [0.25, 0.3) is 0 Å². The Hall–Kier alpha value is -0.120. The lowest BCUT2D eigenvalue weighted by molar-refractivity contribution is 0.167. The molecule has 2 atom stereocenters. The smallest absolute Gasteiger partial charge is 0.0465 e. The Labute approximate surface area is 74.6 Å². The molecule has 0 heterocycles. The first-order chi connectivity index (χ1) is 5.79.